The van der Waals surface area contributed by atoms with Gasteiger partial charge in [-0.15, -0.1) is 0 Å². The van der Waals surface area contributed by atoms with Crippen LogP contribution < -0.4 is 5.32 Å². The van der Waals surface area contributed by atoms with E-state index in [0.29, 0.717) is 6.04 Å². The van der Waals surface area contributed by atoms with Crippen LogP contribution in [0.4, 0.5) is 0 Å². The van der Waals surface area contributed by atoms with Gasteiger partial charge in [-0.2, -0.15) is 0 Å². The van der Waals surface area contributed by atoms with Gasteiger partial charge in [0.2, 0.25) is 0 Å². The topological polar surface area (TPSA) is 17.0 Å². The van der Waals surface area contributed by atoms with Gasteiger partial charge in [0.25, 0.3) is 0 Å². The molecule has 3 heteroatoms. The first-order valence-electron chi connectivity index (χ1n) is 5.77. The molecule has 17 heavy (non-hydrogen) atoms. The van der Waals surface area contributed by atoms with Gasteiger partial charge in [0.15, 0.2) is 0 Å². The quantitative estimate of drug-likeness (QED) is 0.844. The molecule has 0 amide bonds. The fourth-order valence-corrected chi connectivity index (χ4v) is 2.26. The molecule has 0 aliphatic heterocycles. The lowest BCUT2D eigenvalue weighted by Gasteiger charge is -2.15. The third kappa shape index (κ3) is 3.10. The van der Waals surface area contributed by atoms with Crippen molar-refractivity contribution in [1.82, 2.24) is 9.88 Å². The Balaban J connectivity index is 2.18. The van der Waals surface area contributed by atoms with Gasteiger partial charge in [-0.05, 0) is 66.4 Å². The molecule has 0 saturated heterocycles. The van der Waals surface area contributed by atoms with Gasteiger partial charge in [-0.1, -0.05) is 12.1 Å². The number of benzene rings is 1. The van der Waals surface area contributed by atoms with Crippen LogP contribution in [-0.4, -0.2) is 11.6 Å². The molecule has 1 aromatic carbocycles. The lowest BCUT2D eigenvalue weighted by molar-refractivity contribution is 0.589. The SMILES string of the molecule is CNC(C)c1cccn1Cc1ccc(I)cc1. The summed E-state index contributed by atoms with van der Waals surface area (Å²) >= 11 is 2.33. The zero-order valence-corrected chi connectivity index (χ0v) is 12.3. The smallest absolute Gasteiger partial charge is 0.0473 e. The van der Waals surface area contributed by atoms with Crippen molar-refractivity contribution in [2.24, 2.45) is 0 Å². The number of aromatic nitrogens is 1. The van der Waals surface area contributed by atoms with E-state index >= 15 is 0 Å². The van der Waals surface area contributed by atoms with Gasteiger partial charge in [0.05, 0.1) is 0 Å². The highest BCUT2D eigenvalue weighted by molar-refractivity contribution is 14.1. The highest BCUT2D eigenvalue weighted by Gasteiger charge is 2.07. The second kappa shape index (κ2) is 5.69. The summed E-state index contributed by atoms with van der Waals surface area (Å²) in [4.78, 5) is 0. The first kappa shape index (κ1) is 12.6. The molecule has 2 aromatic rings. The maximum absolute atomic E-state index is 3.28. The molecule has 1 aromatic heterocycles. The van der Waals surface area contributed by atoms with Gasteiger partial charge >= 0.3 is 0 Å². The van der Waals surface area contributed by atoms with Crippen molar-refractivity contribution in [2.75, 3.05) is 7.05 Å². The molecule has 1 atom stereocenters. The summed E-state index contributed by atoms with van der Waals surface area (Å²) in [6.07, 6.45) is 2.14. The molecule has 0 saturated carbocycles. The predicted molar refractivity (Wildman–Crippen MR) is 80.2 cm³/mol. The van der Waals surface area contributed by atoms with E-state index in [2.05, 4.69) is 82.0 Å². The van der Waals surface area contributed by atoms with Crippen molar-refractivity contribution in [2.45, 2.75) is 19.5 Å². The average Bonchev–Trinajstić information content (AvgIpc) is 2.79. The Morgan fingerprint density at radius 1 is 1.24 bits per heavy atom. The van der Waals surface area contributed by atoms with Crippen LogP contribution >= 0.6 is 22.6 Å². The normalized spacial score (nSPS) is 12.6. The number of rotatable bonds is 4. The maximum atomic E-state index is 3.28. The van der Waals surface area contributed by atoms with E-state index in [0.717, 1.165) is 6.54 Å². The van der Waals surface area contributed by atoms with E-state index in [-0.39, 0.29) is 0 Å². The third-order valence-corrected chi connectivity index (χ3v) is 3.73. The Hall–Kier alpha value is -0.810. The highest BCUT2D eigenvalue weighted by atomic mass is 127. The van der Waals surface area contributed by atoms with Crippen molar-refractivity contribution in [3.63, 3.8) is 0 Å². The average molecular weight is 340 g/mol. The molecule has 0 aliphatic carbocycles. The third-order valence-electron chi connectivity index (χ3n) is 3.01. The molecule has 1 N–H and O–H groups in total. The van der Waals surface area contributed by atoms with E-state index in [1.54, 1.807) is 0 Å². The molecule has 1 unspecified atom stereocenters. The van der Waals surface area contributed by atoms with Crippen LogP contribution in [0.5, 0.6) is 0 Å². The van der Waals surface area contributed by atoms with E-state index in [4.69, 9.17) is 0 Å². The Kier molecular flexibility index (Phi) is 4.23. The summed E-state index contributed by atoms with van der Waals surface area (Å²) in [6.45, 7) is 3.12. The summed E-state index contributed by atoms with van der Waals surface area (Å²) in [5.41, 5.74) is 2.66. The van der Waals surface area contributed by atoms with Crippen LogP contribution in [0.25, 0.3) is 0 Å². The number of hydrogen-bond donors (Lipinski definition) is 1. The minimum absolute atomic E-state index is 0.383. The second-order valence-corrected chi connectivity index (χ2v) is 5.44. The largest absolute Gasteiger partial charge is 0.346 e. The monoisotopic (exact) mass is 340 g/mol. The molecule has 1 heterocycles. The minimum atomic E-state index is 0.383. The van der Waals surface area contributed by atoms with E-state index in [9.17, 15) is 0 Å². The number of nitrogens with one attached hydrogen (secondary N) is 1. The summed E-state index contributed by atoms with van der Waals surface area (Å²) in [5, 5.41) is 3.28. The second-order valence-electron chi connectivity index (χ2n) is 4.20. The number of hydrogen-bond acceptors (Lipinski definition) is 1. The van der Waals surface area contributed by atoms with Crippen LogP contribution in [0, 0.1) is 3.57 Å². The molecule has 0 radical (unpaired) electrons. The molecule has 2 rings (SSSR count). The van der Waals surface area contributed by atoms with Crippen LogP contribution in [0.1, 0.15) is 24.2 Å². The summed E-state index contributed by atoms with van der Waals surface area (Å²) in [6, 6.07) is 13.4. The van der Waals surface area contributed by atoms with Crippen LogP contribution in [0.15, 0.2) is 42.6 Å². The Labute approximate surface area is 116 Å². The molecule has 0 aliphatic rings. The van der Waals surface area contributed by atoms with Gasteiger partial charge in [0.1, 0.15) is 0 Å². The Morgan fingerprint density at radius 2 is 1.94 bits per heavy atom. The summed E-state index contributed by atoms with van der Waals surface area (Å²) < 4.78 is 3.58. The Morgan fingerprint density at radius 3 is 2.59 bits per heavy atom. The zero-order valence-electron chi connectivity index (χ0n) is 10.2. The maximum Gasteiger partial charge on any atom is 0.0473 e. The standard InChI is InChI=1S/C14H17IN2/c1-11(16-2)14-4-3-9-17(14)10-12-5-7-13(15)8-6-12/h3-9,11,16H,10H2,1-2H3. The van der Waals surface area contributed by atoms with E-state index < -0.39 is 0 Å². The molecular weight excluding hydrogens is 323 g/mol. The fourth-order valence-electron chi connectivity index (χ4n) is 1.90. The van der Waals surface area contributed by atoms with Crippen molar-refractivity contribution < 1.29 is 0 Å². The first-order valence-corrected chi connectivity index (χ1v) is 6.85. The number of nitrogens with zero attached hydrogens (tertiary/aromatic N) is 1. The van der Waals surface area contributed by atoms with Crippen LogP contribution in [-0.2, 0) is 6.54 Å². The fraction of sp³-hybridized carbons (Fsp3) is 0.286. The Bertz CT molecular complexity index is 473. The molecule has 0 spiro atoms. The molecule has 2 nitrogen and oxygen atoms in total. The van der Waals surface area contributed by atoms with Crippen LogP contribution in [0.2, 0.25) is 0 Å². The van der Waals surface area contributed by atoms with Crippen molar-refractivity contribution in [3.8, 4) is 0 Å². The lowest BCUT2D eigenvalue weighted by atomic mass is 10.2. The number of halogens is 1. The first-order chi connectivity index (χ1) is 8.20. The van der Waals surface area contributed by atoms with E-state index in [1.165, 1.54) is 14.8 Å². The van der Waals surface area contributed by atoms with Gasteiger partial charge < -0.3 is 9.88 Å². The summed E-state index contributed by atoms with van der Waals surface area (Å²) in [7, 11) is 1.99. The van der Waals surface area contributed by atoms with Gasteiger partial charge in [-0.3, -0.25) is 0 Å². The molecule has 0 fully saturated rings. The van der Waals surface area contributed by atoms with Crippen molar-refractivity contribution >= 4 is 22.6 Å². The summed E-state index contributed by atoms with van der Waals surface area (Å²) in [5.74, 6) is 0. The molecular formula is C14H17IN2. The minimum Gasteiger partial charge on any atom is -0.346 e. The van der Waals surface area contributed by atoms with Crippen molar-refractivity contribution in [1.29, 1.82) is 0 Å². The predicted octanol–water partition coefficient (Wildman–Crippen LogP) is 3.42. The molecule has 0 bridgehead atoms. The molecule has 90 valence electrons. The zero-order chi connectivity index (χ0) is 12.3. The van der Waals surface area contributed by atoms with Crippen molar-refractivity contribution in [3.05, 3.63) is 57.4 Å². The van der Waals surface area contributed by atoms with Gasteiger partial charge in [-0.25, -0.2) is 0 Å². The van der Waals surface area contributed by atoms with Crippen LogP contribution in [0.3, 0.4) is 0 Å². The lowest BCUT2D eigenvalue weighted by Crippen LogP contribution is -2.16. The van der Waals surface area contributed by atoms with Gasteiger partial charge in [0, 0.05) is 28.0 Å². The highest BCUT2D eigenvalue weighted by Crippen LogP contribution is 2.15. The van der Waals surface area contributed by atoms with E-state index in [1.807, 2.05) is 7.05 Å².